The third-order valence-corrected chi connectivity index (χ3v) is 9.49. The molecule has 3 aromatic carbocycles. The summed E-state index contributed by atoms with van der Waals surface area (Å²) in [5.74, 6) is -1.63. The standard InChI is InChI=1S/C35H32FN3O5S2/c1-21-11-16-27-29(17-21)46-34(31(27)35(43)44-2)39-30(40)20-45-26-10-6-9-25(19-26)37-33(42)28(18-22-12-14-24(36)15-13-22)38-32(41)23-7-4-3-5-8-23/h3-10,12-15,18-19,21H,11,16-17,20H2,1-2H3,(H,37,42)(H,38,41)(H,39,40)/b28-18+. The van der Waals surface area contributed by atoms with Gasteiger partial charge in [-0.05, 0) is 84.8 Å². The number of anilines is 2. The molecular weight excluding hydrogens is 626 g/mol. The zero-order valence-electron chi connectivity index (χ0n) is 25.2. The summed E-state index contributed by atoms with van der Waals surface area (Å²) in [6, 6.07) is 21.0. The van der Waals surface area contributed by atoms with Gasteiger partial charge in [0.25, 0.3) is 11.8 Å². The highest BCUT2D eigenvalue weighted by Gasteiger charge is 2.29. The number of esters is 1. The first-order valence-electron chi connectivity index (χ1n) is 14.6. The average molecular weight is 658 g/mol. The highest BCUT2D eigenvalue weighted by molar-refractivity contribution is 8.00. The van der Waals surface area contributed by atoms with Crippen molar-refractivity contribution in [1.82, 2.24) is 5.32 Å². The summed E-state index contributed by atoms with van der Waals surface area (Å²) in [4.78, 5) is 53.6. The summed E-state index contributed by atoms with van der Waals surface area (Å²) >= 11 is 2.70. The summed E-state index contributed by atoms with van der Waals surface area (Å²) in [7, 11) is 1.34. The first-order chi connectivity index (χ1) is 22.2. The van der Waals surface area contributed by atoms with Crippen molar-refractivity contribution in [2.45, 2.75) is 31.1 Å². The van der Waals surface area contributed by atoms with Gasteiger partial charge in [0.15, 0.2) is 0 Å². The lowest BCUT2D eigenvalue weighted by Gasteiger charge is -2.18. The molecule has 1 heterocycles. The molecule has 11 heteroatoms. The molecule has 8 nitrogen and oxygen atoms in total. The lowest BCUT2D eigenvalue weighted by molar-refractivity contribution is -0.114. The van der Waals surface area contributed by atoms with Crippen LogP contribution in [-0.2, 0) is 27.2 Å². The van der Waals surface area contributed by atoms with Crippen LogP contribution in [0.2, 0.25) is 0 Å². The van der Waals surface area contributed by atoms with Gasteiger partial charge in [0.2, 0.25) is 5.91 Å². The number of nitrogens with one attached hydrogen (secondary N) is 3. The fourth-order valence-electron chi connectivity index (χ4n) is 5.00. The van der Waals surface area contributed by atoms with Crippen LogP contribution in [0.15, 0.2) is 89.5 Å². The number of carbonyl (C=O) groups excluding carboxylic acids is 4. The number of ether oxygens (including phenoxy) is 1. The van der Waals surface area contributed by atoms with E-state index in [1.807, 2.05) is 6.07 Å². The number of hydrogen-bond donors (Lipinski definition) is 3. The summed E-state index contributed by atoms with van der Waals surface area (Å²) in [5.41, 5.74) is 2.71. The van der Waals surface area contributed by atoms with E-state index in [4.69, 9.17) is 4.74 Å². The summed E-state index contributed by atoms with van der Waals surface area (Å²) in [6.45, 7) is 2.18. The van der Waals surface area contributed by atoms with Crippen molar-refractivity contribution in [2.24, 2.45) is 5.92 Å². The van der Waals surface area contributed by atoms with Crippen molar-refractivity contribution >= 4 is 63.6 Å². The number of carbonyl (C=O) groups is 4. The summed E-state index contributed by atoms with van der Waals surface area (Å²) in [5, 5.41) is 8.87. The largest absolute Gasteiger partial charge is 0.465 e. The quantitative estimate of drug-likeness (QED) is 0.0968. The zero-order valence-corrected chi connectivity index (χ0v) is 26.9. The van der Waals surface area contributed by atoms with Crippen LogP contribution < -0.4 is 16.0 Å². The lowest BCUT2D eigenvalue weighted by atomic mass is 9.88. The van der Waals surface area contributed by atoms with E-state index in [-0.39, 0.29) is 17.4 Å². The fourth-order valence-corrected chi connectivity index (χ4v) is 7.17. The van der Waals surface area contributed by atoms with E-state index in [0.717, 1.165) is 34.6 Å². The van der Waals surface area contributed by atoms with Gasteiger partial charge < -0.3 is 20.7 Å². The van der Waals surface area contributed by atoms with E-state index in [1.54, 1.807) is 48.5 Å². The molecule has 1 aliphatic rings. The molecule has 0 bridgehead atoms. The predicted molar refractivity (Wildman–Crippen MR) is 180 cm³/mol. The van der Waals surface area contributed by atoms with Crippen LogP contribution in [0.3, 0.4) is 0 Å². The fraction of sp³-hybridized carbons (Fsp3) is 0.200. The maximum atomic E-state index is 13.5. The minimum absolute atomic E-state index is 0.0349. The summed E-state index contributed by atoms with van der Waals surface area (Å²) in [6.07, 6.45) is 4.08. The van der Waals surface area contributed by atoms with E-state index in [1.165, 1.54) is 60.5 Å². The van der Waals surface area contributed by atoms with Gasteiger partial charge >= 0.3 is 5.97 Å². The van der Waals surface area contributed by atoms with Gasteiger partial charge in [-0.25, -0.2) is 9.18 Å². The average Bonchev–Trinajstić information content (AvgIpc) is 3.41. The lowest BCUT2D eigenvalue weighted by Crippen LogP contribution is -2.30. The Labute approximate surface area is 274 Å². The van der Waals surface area contributed by atoms with Crippen molar-refractivity contribution in [3.8, 4) is 0 Å². The molecule has 3 N–H and O–H groups in total. The summed E-state index contributed by atoms with van der Waals surface area (Å²) < 4.78 is 18.5. The molecule has 3 amide bonds. The van der Waals surface area contributed by atoms with Gasteiger partial charge in [0.05, 0.1) is 18.4 Å². The molecule has 1 aliphatic carbocycles. The maximum absolute atomic E-state index is 13.5. The van der Waals surface area contributed by atoms with Gasteiger partial charge in [-0.1, -0.05) is 43.3 Å². The number of thiophene rings is 1. The molecule has 0 fully saturated rings. The van der Waals surface area contributed by atoms with Crippen molar-refractivity contribution in [2.75, 3.05) is 23.5 Å². The van der Waals surface area contributed by atoms with Gasteiger partial charge in [-0.3, -0.25) is 14.4 Å². The molecule has 0 aliphatic heterocycles. The molecule has 0 saturated heterocycles. The van der Waals surface area contributed by atoms with E-state index in [9.17, 15) is 23.6 Å². The molecular formula is C35H32FN3O5S2. The normalized spacial score (nSPS) is 14.2. The van der Waals surface area contributed by atoms with Crippen LogP contribution in [0.5, 0.6) is 0 Å². The Kier molecular flexibility index (Phi) is 10.7. The molecule has 46 heavy (non-hydrogen) atoms. The van der Waals surface area contributed by atoms with Crippen molar-refractivity contribution in [3.63, 3.8) is 0 Å². The van der Waals surface area contributed by atoms with Crippen molar-refractivity contribution in [3.05, 3.63) is 118 Å². The Morgan fingerprint density at radius 2 is 1.76 bits per heavy atom. The molecule has 1 aromatic heterocycles. The zero-order chi connectivity index (χ0) is 32.6. The van der Waals surface area contributed by atoms with Crippen LogP contribution in [0.25, 0.3) is 6.08 Å². The molecule has 0 radical (unpaired) electrons. The van der Waals surface area contributed by atoms with Gasteiger partial charge in [0, 0.05) is 21.0 Å². The van der Waals surface area contributed by atoms with Crippen LogP contribution >= 0.6 is 23.1 Å². The smallest absolute Gasteiger partial charge is 0.341 e. The van der Waals surface area contributed by atoms with E-state index in [2.05, 4.69) is 22.9 Å². The molecule has 0 saturated carbocycles. The molecule has 236 valence electrons. The third-order valence-electron chi connectivity index (χ3n) is 7.33. The second-order valence-electron chi connectivity index (χ2n) is 10.8. The van der Waals surface area contributed by atoms with E-state index >= 15 is 0 Å². The Morgan fingerprint density at radius 1 is 1.00 bits per heavy atom. The van der Waals surface area contributed by atoms with E-state index < -0.39 is 23.6 Å². The Morgan fingerprint density at radius 3 is 2.50 bits per heavy atom. The van der Waals surface area contributed by atoms with Crippen LogP contribution in [-0.4, -0.2) is 36.6 Å². The van der Waals surface area contributed by atoms with Crippen LogP contribution in [0.4, 0.5) is 15.1 Å². The second-order valence-corrected chi connectivity index (χ2v) is 12.9. The second kappa shape index (κ2) is 15.0. The Balaban J connectivity index is 1.26. The number of thioether (sulfide) groups is 1. The van der Waals surface area contributed by atoms with Gasteiger partial charge in [-0.15, -0.1) is 23.1 Å². The van der Waals surface area contributed by atoms with Gasteiger partial charge in [0.1, 0.15) is 16.5 Å². The SMILES string of the molecule is COC(=O)c1c(NC(=O)CSc2cccc(NC(=O)/C(=C\c3ccc(F)cc3)NC(=O)c3ccccc3)c2)sc2c1CCC(C)C2. The third kappa shape index (κ3) is 8.29. The number of amides is 3. The number of rotatable bonds is 10. The van der Waals surface area contributed by atoms with Crippen molar-refractivity contribution < 1.29 is 28.3 Å². The number of halogens is 1. The first-order valence-corrected chi connectivity index (χ1v) is 16.4. The monoisotopic (exact) mass is 657 g/mol. The van der Waals surface area contributed by atoms with Crippen LogP contribution in [0, 0.1) is 11.7 Å². The highest BCUT2D eigenvalue weighted by atomic mass is 32.2. The number of hydrogen-bond acceptors (Lipinski definition) is 7. The van der Waals surface area contributed by atoms with Crippen LogP contribution in [0.1, 0.15) is 50.1 Å². The Bertz CT molecular complexity index is 1790. The number of benzene rings is 3. The molecule has 0 spiro atoms. The molecule has 1 unspecified atom stereocenters. The minimum atomic E-state index is -0.584. The molecule has 5 rings (SSSR count). The number of methoxy groups -OCH3 is 1. The van der Waals surface area contributed by atoms with E-state index in [0.29, 0.717) is 33.3 Å². The molecule has 1 atom stereocenters. The highest BCUT2D eigenvalue weighted by Crippen LogP contribution is 2.40. The van der Waals surface area contributed by atoms with Gasteiger partial charge in [-0.2, -0.15) is 0 Å². The predicted octanol–water partition coefficient (Wildman–Crippen LogP) is 6.94. The topological polar surface area (TPSA) is 114 Å². The number of fused-ring (bicyclic) bond motifs is 1. The van der Waals surface area contributed by atoms with Crippen molar-refractivity contribution in [1.29, 1.82) is 0 Å². The molecule has 4 aromatic rings. The first kappa shape index (κ1) is 32.6. The maximum Gasteiger partial charge on any atom is 0.341 e. The Hall–Kier alpha value is -4.74. The minimum Gasteiger partial charge on any atom is -0.465 e.